The highest BCUT2D eigenvalue weighted by atomic mass is 32.2. The summed E-state index contributed by atoms with van der Waals surface area (Å²) < 4.78 is 0. The van der Waals surface area contributed by atoms with Crippen molar-refractivity contribution in [3.63, 3.8) is 0 Å². The first-order valence-corrected chi connectivity index (χ1v) is 9.94. The summed E-state index contributed by atoms with van der Waals surface area (Å²) in [6.45, 7) is 6.79. The zero-order valence-corrected chi connectivity index (χ0v) is 14.5. The van der Waals surface area contributed by atoms with E-state index < -0.39 is 0 Å². The predicted octanol–water partition coefficient (Wildman–Crippen LogP) is 5.32. The number of carbonyl (C=O) groups excluding carboxylic acids is 1. The summed E-state index contributed by atoms with van der Waals surface area (Å²) in [6.07, 6.45) is 9.87. The van der Waals surface area contributed by atoms with Crippen molar-refractivity contribution in [2.75, 3.05) is 5.75 Å². The van der Waals surface area contributed by atoms with Crippen LogP contribution in [-0.2, 0) is 4.79 Å². The Morgan fingerprint density at radius 2 is 1.63 bits per heavy atom. The van der Waals surface area contributed by atoms with Crippen LogP contribution >= 0.6 is 23.5 Å². The fourth-order valence-electron chi connectivity index (χ4n) is 2.37. The molecule has 1 heterocycles. The first kappa shape index (κ1) is 17.4. The second-order valence-electron chi connectivity index (χ2n) is 5.71. The Morgan fingerprint density at radius 3 is 2.26 bits per heavy atom. The molecule has 1 fully saturated rings. The van der Waals surface area contributed by atoms with Gasteiger partial charge in [-0.1, -0.05) is 59.3 Å². The minimum absolute atomic E-state index is 0.274. The van der Waals surface area contributed by atoms with Crippen molar-refractivity contribution < 1.29 is 4.79 Å². The molecule has 0 aromatic carbocycles. The molecule has 0 spiro atoms. The molecule has 19 heavy (non-hydrogen) atoms. The molecule has 3 unspecified atom stereocenters. The first-order chi connectivity index (χ1) is 9.15. The van der Waals surface area contributed by atoms with Crippen LogP contribution < -0.4 is 0 Å². The summed E-state index contributed by atoms with van der Waals surface area (Å²) in [5.41, 5.74) is 0. The van der Waals surface area contributed by atoms with Gasteiger partial charge in [-0.3, -0.25) is 4.79 Å². The molecule has 1 saturated heterocycles. The van der Waals surface area contributed by atoms with E-state index in [1.165, 1.54) is 38.5 Å². The Labute approximate surface area is 128 Å². The lowest BCUT2D eigenvalue weighted by molar-refractivity contribution is -0.118. The second kappa shape index (κ2) is 10.1. The highest BCUT2D eigenvalue weighted by molar-refractivity contribution is 8.08. The normalized spacial score (nSPS) is 27.4. The van der Waals surface area contributed by atoms with Crippen LogP contribution in [-0.4, -0.2) is 27.3 Å². The molecule has 3 heteroatoms. The zero-order chi connectivity index (χ0) is 14.1. The predicted molar refractivity (Wildman–Crippen MR) is 90.4 cm³/mol. The summed E-state index contributed by atoms with van der Waals surface area (Å²) in [6, 6.07) is 0. The molecule has 112 valence electrons. The molecular formula is C16H30OS2. The van der Waals surface area contributed by atoms with Crippen LogP contribution in [0, 0.1) is 0 Å². The van der Waals surface area contributed by atoms with Gasteiger partial charge in [-0.05, 0) is 6.42 Å². The average molecular weight is 303 g/mol. The van der Waals surface area contributed by atoms with Crippen LogP contribution in [0.4, 0.5) is 0 Å². The Balaban J connectivity index is 2.04. The molecule has 0 bridgehead atoms. The molecule has 1 rings (SSSR count). The molecule has 1 nitrogen and oxygen atoms in total. The molecule has 0 radical (unpaired) electrons. The minimum atomic E-state index is 0.274. The van der Waals surface area contributed by atoms with Gasteiger partial charge in [0.05, 0.1) is 5.25 Å². The van der Waals surface area contributed by atoms with E-state index in [0.717, 1.165) is 18.6 Å². The third-order valence-electron chi connectivity index (χ3n) is 3.94. The van der Waals surface area contributed by atoms with Crippen molar-refractivity contribution in [2.24, 2.45) is 0 Å². The summed E-state index contributed by atoms with van der Waals surface area (Å²) in [5.74, 6) is 1.54. The molecule has 0 aliphatic carbocycles. The largest absolute Gasteiger partial charge is 0.298 e. The Kier molecular flexibility index (Phi) is 9.31. The van der Waals surface area contributed by atoms with Gasteiger partial charge in [-0.15, -0.1) is 11.8 Å². The SMILES string of the molecule is CCCCCCCCCC(=O)C1CSC(C)C(C)S1. The summed E-state index contributed by atoms with van der Waals surface area (Å²) in [4.78, 5) is 12.2. The quantitative estimate of drug-likeness (QED) is 0.536. The molecule has 3 atom stereocenters. The van der Waals surface area contributed by atoms with Crippen LogP contribution in [0.3, 0.4) is 0 Å². The van der Waals surface area contributed by atoms with E-state index >= 15 is 0 Å². The monoisotopic (exact) mass is 302 g/mol. The summed E-state index contributed by atoms with van der Waals surface area (Å²) in [7, 11) is 0. The topological polar surface area (TPSA) is 17.1 Å². The van der Waals surface area contributed by atoms with Crippen molar-refractivity contribution >= 4 is 29.3 Å². The van der Waals surface area contributed by atoms with E-state index in [1.54, 1.807) is 0 Å². The van der Waals surface area contributed by atoms with Gasteiger partial charge in [-0.25, -0.2) is 0 Å². The highest BCUT2D eigenvalue weighted by Crippen LogP contribution is 2.36. The maximum absolute atomic E-state index is 12.2. The standard InChI is InChI=1S/C16H30OS2/c1-4-5-6-7-8-9-10-11-15(17)16-12-18-13(2)14(3)19-16/h13-14,16H,4-12H2,1-3H3. The molecule has 1 aliphatic heterocycles. The second-order valence-corrected chi connectivity index (χ2v) is 8.70. The van der Waals surface area contributed by atoms with Crippen LogP contribution in [0.1, 0.15) is 72.1 Å². The van der Waals surface area contributed by atoms with Crippen LogP contribution in [0.25, 0.3) is 0 Å². The van der Waals surface area contributed by atoms with Crippen molar-refractivity contribution in [2.45, 2.75) is 87.9 Å². The van der Waals surface area contributed by atoms with Crippen LogP contribution in [0.2, 0.25) is 0 Å². The fraction of sp³-hybridized carbons (Fsp3) is 0.938. The molecule has 0 amide bonds. The van der Waals surface area contributed by atoms with Crippen molar-refractivity contribution in [3.8, 4) is 0 Å². The van der Waals surface area contributed by atoms with Crippen molar-refractivity contribution in [3.05, 3.63) is 0 Å². The Hall–Kier alpha value is 0.370. The maximum Gasteiger partial charge on any atom is 0.146 e. The Bertz CT molecular complexity index is 255. The smallest absolute Gasteiger partial charge is 0.146 e. The van der Waals surface area contributed by atoms with Gasteiger partial charge in [-0.2, -0.15) is 11.8 Å². The lowest BCUT2D eigenvalue weighted by Gasteiger charge is -2.30. The molecule has 0 aromatic heterocycles. The summed E-state index contributed by atoms with van der Waals surface area (Å²) >= 11 is 3.88. The van der Waals surface area contributed by atoms with E-state index in [-0.39, 0.29) is 5.25 Å². The third kappa shape index (κ3) is 7.08. The van der Waals surface area contributed by atoms with Gasteiger partial charge in [0.25, 0.3) is 0 Å². The minimum Gasteiger partial charge on any atom is -0.298 e. The van der Waals surface area contributed by atoms with E-state index in [0.29, 0.717) is 16.3 Å². The number of carbonyl (C=O) groups is 1. The summed E-state index contributed by atoms with van der Waals surface area (Å²) in [5, 5.41) is 1.60. The van der Waals surface area contributed by atoms with Gasteiger partial charge in [0, 0.05) is 22.7 Å². The third-order valence-corrected chi connectivity index (χ3v) is 7.38. The van der Waals surface area contributed by atoms with Gasteiger partial charge < -0.3 is 0 Å². The number of thioether (sulfide) groups is 2. The number of hydrogen-bond donors (Lipinski definition) is 0. The molecule has 0 saturated carbocycles. The Morgan fingerprint density at radius 1 is 1.00 bits per heavy atom. The first-order valence-electron chi connectivity index (χ1n) is 7.95. The van der Waals surface area contributed by atoms with Crippen LogP contribution in [0.15, 0.2) is 0 Å². The molecule has 0 N–H and O–H groups in total. The number of Topliss-reactive ketones (excluding diaryl/α,β-unsaturated/α-hetero) is 1. The highest BCUT2D eigenvalue weighted by Gasteiger charge is 2.29. The van der Waals surface area contributed by atoms with E-state index in [1.807, 2.05) is 23.5 Å². The molecule has 0 aromatic rings. The van der Waals surface area contributed by atoms with Crippen LogP contribution in [0.5, 0.6) is 0 Å². The van der Waals surface area contributed by atoms with E-state index in [4.69, 9.17) is 0 Å². The number of rotatable bonds is 9. The van der Waals surface area contributed by atoms with Crippen molar-refractivity contribution in [1.29, 1.82) is 0 Å². The molecule has 1 aliphatic rings. The van der Waals surface area contributed by atoms with E-state index in [2.05, 4.69) is 20.8 Å². The average Bonchev–Trinajstić information content (AvgIpc) is 2.40. The maximum atomic E-state index is 12.2. The fourth-order valence-corrected chi connectivity index (χ4v) is 5.29. The molecular weight excluding hydrogens is 272 g/mol. The van der Waals surface area contributed by atoms with Gasteiger partial charge in [0.2, 0.25) is 0 Å². The van der Waals surface area contributed by atoms with Crippen molar-refractivity contribution in [1.82, 2.24) is 0 Å². The zero-order valence-electron chi connectivity index (χ0n) is 12.8. The lowest BCUT2D eigenvalue weighted by atomic mass is 10.1. The number of unbranched alkanes of at least 4 members (excludes halogenated alkanes) is 6. The van der Waals surface area contributed by atoms with Gasteiger partial charge in [0.1, 0.15) is 5.78 Å². The van der Waals surface area contributed by atoms with Gasteiger partial charge in [0.15, 0.2) is 0 Å². The number of hydrogen-bond acceptors (Lipinski definition) is 3. The number of ketones is 1. The van der Waals surface area contributed by atoms with E-state index in [9.17, 15) is 4.79 Å². The van der Waals surface area contributed by atoms with Gasteiger partial charge >= 0.3 is 0 Å². The lowest BCUT2D eigenvalue weighted by Crippen LogP contribution is -2.31.